The normalized spacial score (nSPS) is 17.5. The van der Waals surface area contributed by atoms with E-state index < -0.39 is 25.7 Å². The largest absolute Gasteiger partial charge is 0.481 e. The van der Waals surface area contributed by atoms with Gasteiger partial charge in [0, 0.05) is 6.42 Å². The van der Waals surface area contributed by atoms with Crippen LogP contribution in [0.3, 0.4) is 0 Å². The zero-order valence-electron chi connectivity index (χ0n) is 13.5. The Balaban J connectivity index is 1.91. The first-order valence-electron chi connectivity index (χ1n) is 7.58. The van der Waals surface area contributed by atoms with E-state index in [2.05, 4.69) is 10.1 Å². The molecule has 1 aliphatic rings. The number of cyclic esters (lactones) is 2. The van der Waals surface area contributed by atoms with Gasteiger partial charge in [-0.1, -0.05) is 12.1 Å². The lowest BCUT2D eigenvalue weighted by Gasteiger charge is -2.17. The molecule has 1 fully saturated rings. The topological polar surface area (TPSA) is 100 Å². The lowest BCUT2D eigenvalue weighted by atomic mass is 10.1. The molecule has 8 nitrogen and oxygen atoms in total. The lowest BCUT2D eigenvalue weighted by molar-refractivity contribution is -0.135. The van der Waals surface area contributed by atoms with Crippen LogP contribution in [0.2, 0.25) is 0 Å². The summed E-state index contributed by atoms with van der Waals surface area (Å²) < 4.78 is 32.5. The predicted octanol–water partition coefficient (Wildman–Crippen LogP) is 2.47. The van der Waals surface area contributed by atoms with Crippen LogP contribution in [-0.4, -0.2) is 37.7 Å². The minimum Gasteiger partial charge on any atom is -0.481 e. The summed E-state index contributed by atoms with van der Waals surface area (Å²) in [6.07, 6.45) is -0.590. The zero-order chi connectivity index (χ0) is 17.6. The highest BCUT2D eigenvalue weighted by Gasteiger charge is 2.32. The smallest absolute Gasteiger partial charge is 0.415 e. The highest BCUT2D eigenvalue weighted by Crippen LogP contribution is 2.47. The SMILES string of the molecule is CCOP(=O)(COc1ccc(CC2NC(=O)OC2=O)cc1)OCC. The predicted molar refractivity (Wildman–Crippen MR) is 84.9 cm³/mol. The number of ether oxygens (including phenoxy) is 2. The summed E-state index contributed by atoms with van der Waals surface area (Å²) in [6, 6.07) is 6.18. The van der Waals surface area contributed by atoms with Crippen LogP contribution >= 0.6 is 7.60 Å². The van der Waals surface area contributed by atoms with Crippen LogP contribution in [-0.2, 0) is 29.6 Å². The number of amides is 1. The molecule has 1 aliphatic heterocycles. The number of rotatable bonds is 9. The highest BCUT2D eigenvalue weighted by atomic mass is 31.2. The van der Waals surface area contributed by atoms with Crippen LogP contribution in [0, 0.1) is 0 Å². The molecule has 0 aromatic heterocycles. The van der Waals surface area contributed by atoms with Gasteiger partial charge in [-0.2, -0.15) is 0 Å². The number of benzene rings is 1. The molecule has 0 bridgehead atoms. The molecule has 0 saturated carbocycles. The van der Waals surface area contributed by atoms with Crippen LogP contribution in [0.15, 0.2) is 24.3 Å². The fraction of sp³-hybridized carbons (Fsp3) is 0.467. The van der Waals surface area contributed by atoms with Gasteiger partial charge in [0.1, 0.15) is 11.8 Å². The van der Waals surface area contributed by atoms with Crippen molar-refractivity contribution in [2.45, 2.75) is 26.3 Å². The molecule has 132 valence electrons. The van der Waals surface area contributed by atoms with Gasteiger partial charge in [-0.15, -0.1) is 0 Å². The van der Waals surface area contributed by atoms with Gasteiger partial charge in [0.05, 0.1) is 13.2 Å². The van der Waals surface area contributed by atoms with Gasteiger partial charge < -0.3 is 23.8 Å². The molecule has 1 unspecified atom stereocenters. The number of esters is 1. The monoisotopic (exact) mass is 357 g/mol. The Hall–Kier alpha value is -1.89. The van der Waals surface area contributed by atoms with E-state index in [0.29, 0.717) is 12.2 Å². The maximum atomic E-state index is 12.3. The van der Waals surface area contributed by atoms with E-state index >= 15 is 0 Å². The molecule has 1 aromatic carbocycles. The molecular weight excluding hydrogens is 337 g/mol. The van der Waals surface area contributed by atoms with Crippen molar-refractivity contribution in [1.29, 1.82) is 0 Å². The maximum absolute atomic E-state index is 12.3. The second-order valence-corrected chi connectivity index (χ2v) is 6.97. The molecule has 9 heteroatoms. The average Bonchev–Trinajstić information content (AvgIpc) is 2.85. The van der Waals surface area contributed by atoms with Crippen molar-refractivity contribution in [3.8, 4) is 5.75 Å². The first-order chi connectivity index (χ1) is 11.5. The molecule has 1 heterocycles. The van der Waals surface area contributed by atoms with Crippen LogP contribution in [0.1, 0.15) is 19.4 Å². The second-order valence-electron chi connectivity index (χ2n) is 4.97. The third kappa shape index (κ3) is 5.06. The standard InChI is InChI=1S/C15H20NO7P/c1-3-21-24(19,22-4-2)10-20-12-7-5-11(6-8-12)9-13-14(17)23-15(18)16-13/h5-8,13H,3-4,9-10H2,1-2H3,(H,16,18). The molecule has 24 heavy (non-hydrogen) atoms. The van der Waals surface area contributed by atoms with E-state index in [1.54, 1.807) is 38.1 Å². The van der Waals surface area contributed by atoms with Crippen LogP contribution in [0.4, 0.5) is 4.79 Å². The highest BCUT2D eigenvalue weighted by molar-refractivity contribution is 7.53. The molecule has 0 aliphatic carbocycles. The van der Waals surface area contributed by atoms with Crippen molar-refractivity contribution < 1.29 is 32.7 Å². The molecule has 1 atom stereocenters. The minimum absolute atomic E-state index is 0.182. The summed E-state index contributed by atoms with van der Waals surface area (Å²) in [4.78, 5) is 22.4. The van der Waals surface area contributed by atoms with Gasteiger partial charge in [-0.05, 0) is 31.5 Å². The summed E-state index contributed by atoms with van der Waals surface area (Å²) in [6.45, 7) is 3.99. The van der Waals surface area contributed by atoms with Crippen molar-refractivity contribution in [1.82, 2.24) is 5.32 Å². The second kappa shape index (κ2) is 8.28. The van der Waals surface area contributed by atoms with Crippen molar-refractivity contribution in [2.75, 3.05) is 19.6 Å². The zero-order valence-corrected chi connectivity index (χ0v) is 14.4. The molecule has 0 radical (unpaired) electrons. The number of nitrogens with one attached hydrogen (secondary N) is 1. The van der Waals surface area contributed by atoms with Gasteiger partial charge in [0.2, 0.25) is 0 Å². The van der Waals surface area contributed by atoms with E-state index in [-0.39, 0.29) is 19.6 Å². The van der Waals surface area contributed by atoms with Gasteiger partial charge in [-0.3, -0.25) is 4.57 Å². The molecule has 2 rings (SSSR count). The van der Waals surface area contributed by atoms with Crippen molar-refractivity contribution in [3.63, 3.8) is 0 Å². The molecule has 1 aromatic rings. The number of hydrogen-bond donors (Lipinski definition) is 1. The van der Waals surface area contributed by atoms with E-state index in [0.717, 1.165) is 5.56 Å². The quantitative estimate of drug-likeness (QED) is 0.412. The molecule has 1 saturated heterocycles. The van der Waals surface area contributed by atoms with Crippen molar-refractivity contribution >= 4 is 19.7 Å². The number of alkyl carbamates (subject to hydrolysis) is 1. The Morgan fingerprint density at radius 2 is 1.75 bits per heavy atom. The van der Waals surface area contributed by atoms with Gasteiger partial charge in [0.25, 0.3) is 0 Å². The summed E-state index contributed by atoms with van der Waals surface area (Å²) in [5.74, 6) is -0.0916. The van der Waals surface area contributed by atoms with Gasteiger partial charge in [0.15, 0.2) is 6.35 Å². The Kier molecular flexibility index (Phi) is 6.36. The maximum Gasteiger partial charge on any atom is 0.415 e. The summed E-state index contributed by atoms with van der Waals surface area (Å²) >= 11 is 0. The number of carbonyl (C=O) groups excluding carboxylic acids is 2. The third-order valence-electron chi connectivity index (χ3n) is 3.17. The minimum atomic E-state index is -3.27. The van der Waals surface area contributed by atoms with E-state index in [1.165, 1.54) is 0 Å². The van der Waals surface area contributed by atoms with Gasteiger partial charge >= 0.3 is 19.7 Å². The summed E-state index contributed by atoms with van der Waals surface area (Å²) in [5, 5.41) is 2.43. The first kappa shape index (κ1) is 18.4. The van der Waals surface area contributed by atoms with Crippen LogP contribution in [0.25, 0.3) is 0 Å². The molecule has 1 N–H and O–H groups in total. The molecule has 0 spiro atoms. The van der Waals surface area contributed by atoms with Crippen LogP contribution < -0.4 is 10.1 Å². The van der Waals surface area contributed by atoms with E-state index in [9.17, 15) is 14.2 Å². The summed E-state index contributed by atoms with van der Waals surface area (Å²) in [7, 11) is -3.27. The fourth-order valence-electron chi connectivity index (χ4n) is 2.14. The lowest BCUT2D eigenvalue weighted by Crippen LogP contribution is -2.30. The van der Waals surface area contributed by atoms with Crippen LogP contribution in [0.5, 0.6) is 5.75 Å². The fourth-order valence-corrected chi connectivity index (χ4v) is 3.46. The first-order valence-corrected chi connectivity index (χ1v) is 9.30. The van der Waals surface area contributed by atoms with Gasteiger partial charge in [-0.25, -0.2) is 9.59 Å². The number of carbonyl (C=O) groups is 2. The van der Waals surface area contributed by atoms with E-state index in [4.69, 9.17) is 13.8 Å². The average molecular weight is 357 g/mol. The van der Waals surface area contributed by atoms with Crippen molar-refractivity contribution in [2.24, 2.45) is 0 Å². The van der Waals surface area contributed by atoms with E-state index in [1.807, 2.05) is 0 Å². The summed E-state index contributed by atoms with van der Waals surface area (Å²) in [5.41, 5.74) is 0.823. The number of hydrogen-bond acceptors (Lipinski definition) is 7. The Bertz CT molecular complexity index is 621. The Labute approximate surface area is 140 Å². The van der Waals surface area contributed by atoms with Crippen molar-refractivity contribution in [3.05, 3.63) is 29.8 Å². The Morgan fingerprint density at radius 3 is 2.25 bits per heavy atom. The molecular formula is C15H20NO7P. The molecule has 1 amide bonds. The Morgan fingerprint density at radius 1 is 1.12 bits per heavy atom. The third-order valence-corrected chi connectivity index (χ3v) is 4.92.